The summed E-state index contributed by atoms with van der Waals surface area (Å²) in [6.07, 6.45) is 9.38. The van der Waals surface area contributed by atoms with Gasteiger partial charge in [0.2, 0.25) is 0 Å². The Morgan fingerprint density at radius 3 is 3.07 bits per heavy atom. The molecule has 0 saturated carbocycles. The second kappa shape index (κ2) is 4.12. The van der Waals surface area contributed by atoms with Gasteiger partial charge in [-0.1, -0.05) is 26.0 Å². The van der Waals surface area contributed by atoms with Crippen LogP contribution in [0.4, 0.5) is 0 Å². The van der Waals surface area contributed by atoms with Crippen molar-refractivity contribution < 1.29 is 0 Å². The molecule has 0 fully saturated rings. The van der Waals surface area contributed by atoms with Gasteiger partial charge in [0.15, 0.2) is 0 Å². The quantitative estimate of drug-likeness (QED) is 0.630. The maximum Gasteiger partial charge on any atom is 0.0421 e. The third kappa shape index (κ3) is 1.82. The summed E-state index contributed by atoms with van der Waals surface area (Å²) in [6.45, 7) is 5.53. The highest BCUT2D eigenvalue weighted by molar-refractivity contribution is 6.04. The van der Waals surface area contributed by atoms with E-state index >= 15 is 0 Å². The van der Waals surface area contributed by atoms with Gasteiger partial charge in [0.25, 0.3) is 0 Å². The molecule has 0 aromatic rings. The fraction of sp³-hybridized carbons (Fsp3) is 0.615. The summed E-state index contributed by atoms with van der Waals surface area (Å²) in [5.74, 6) is 0.747. The highest BCUT2D eigenvalue weighted by Gasteiger charge is 2.24. The average Bonchev–Trinajstić information content (AvgIpc) is 2.57. The van der Waals surface area contributed by atoms with Gasteiger partial charge < -0.3 is 0 Å². The van der Waals surface area contributed by atoms with Crippen molar-refractivity contribution >= 4 is 5.71 Å². The van der Waals surface area contributed by atoms with Crippen LogP contribution in [0.1, 0.15) is 39.5 Å². The van der Waals surface area contributed by atoms with Crippen LogP contribution in [0.3, 0.4) is 0 Å². The number of nitrogens with zero attached hydrogens (tertiary/aromatic N) is 1. The molecule has 2 aliphatic rings. The van der Waals surface area contributed by atoms with Crippen molar-refractivity contribution in [2.24, 2.45) is 10.9 Å². The van der Waals surface area contributed by atoms with E-state index in [1.54, 1.807) is 11.1 Å². The minimum atomic E-state index is 0.747. The van der Waals surface area contributed by atoms with Gasteiger partial charge >= 0.3 is 0 Å². The van der Waals surface area contributed by atoms with Crippen molar-refractivity contribution in [2.75, 3.05) is 6.54 Å². The highest BCUT2D eigenvalue weighted by Crippen LogP contribution is 2.32. The molecule has 0 aromatic carbocycles. The predicted octanol–water partition coefficient (Wildman–Crippen LogP) is 3.52. The van der Waals surface area contributed by atoms with Crippen molar-refractivity contribution in [1.29, 1.82) is 0 Å². The van der Waals surface area contributed by atoms with Gasteiger partial charge in [-0.05, 0) is 42.7 Å². The molecule has 0 amide bonds. The summed E-state index contributed by atoms with van der Waals surface area (Å²) >= 11 is 0. The van der Waals surface area contributed by atoms with E-state index in [1.165, 1.54) is 25.0 Å². The van der Waals surface area contributed by atoms with Gasteiger partial charge in [0.05, 0.1) is 0 Å². The van der Waals surface area contributed by atoms with Crippen molar-refractivity contribution in [1.82, 2.24) is 0 Å². The Morgan fingerprint density at radius 2 is 2.29 bits per heavy atom. The van der Waals surface area contributed by atoms with Crippen LogP contribution >= 0.6 is 0 Å². The number of fused-ring (bicyclic) bond motifs is 1. The lowest BCUT2D eigenvalue weighted by Crippen LogP contribution is -2.13. The molecular formula is C13H19N. The topological polar surface area (TPSA) is 12.4 Å². The van der Waals surface area contributed by atoms with Gasteiger partial charge in [-0.15, -0.1) is 0 Å². The van der Waals surface area contributed by atoms with Crippen LogP contribution in [-0.2, 0) is 0 Å². The van der Waals surface area contributed by atoms with E-state index < -0.39 is 0 Å². The molecule has 0 spiro atoms. The smallest absolute Gasteiger partial charge is 0.0421 e. The molecule has 1 heteroatoms. The Bertz CT molecular complexity index is 307. The zero-order valence-corrected chi connectivity index (χ0v) is 9.21. The van der Waals surface area contributed by atoms with Crippen LogP contribution in [0.25, 0.3) is 0 Å². The molecule has 1 aliphatic carbocycles. The lowest BCUT2D eigenvalue weighted by Gasteiger charge is -2.17. The Morgan fingerprint density at radius 1 is 1.43 bits per heavy atom. The van der Waals surface area contributed by atoms with Crippen LogP contribution < -0.4 is 0 Å². The van der Waals surface area contributed by atoms with Crippen molar-refractivity contribution in [3.63, 3.8) is 0 Å². The predicted molar refractivity (Wildman–Crippen MR) is 61.8 cm³/mol. The minimum absolute atomic E-state index is 0.747. The molecular weight excluding hydrogens is 170 g/mol. The lowest BCUT2D eigenvalue weighted by atomic mass is 9.94. The zero-order chi connectivity index (χ0) is 9.97. The fourth-order valence-corrected chi connectivity index (χ4v) is 2.29. The first-order valence-corrected chi connectivity index (χ1v) is 5.73. The van der Waals surface area contributed by atoms with Crippen molar-refractivity contribution in [3.05, 3.63) is 23.3 Å². The average molecular weight is 189 g/mol. The highest BCUT2D eigenvalue weighted by atomic mass is 14.8. The molecule has 14 heavy (non-hydrogen) atoms. The van der Waals surface area contributed by atoms with Gasteiger partial charge in [0.1, 0.15) is 0 Å². The molecule has 0 radical (unpaired) electrons. The van der Waals surface area contributed by atoms with E-state index in [2.05, 4.69) is 31.0 Å². The minimum Gasteiger partial charge on any atom is -0.289 e. The van der Waals surface area contributed by atoms with Gasteiger partial charge in [0, 0.05) is 12.3 Å². The molecule has 1 aliphatic heterocycles. The third-order valence-corrected chi connectivity index (χ3v) is 3.07. The van der Waals surface area contributed by atoms with E-state index in [0.29, 0.717) is 0 Å². The Balaban J connectivity index is 2.23. The number of hydrogen-bond acceptors (Lipinski definition) is 1. The monoisotopic (exact) mass is 189 g/mol. The first kappa shape index (κ1) is 9.70. The molecule has 1 heterocycles. The summed E-state index contributed by atoms with van der Waals surface area (Å²) in [7, 11) is 0. The molecule has 1 atom stereocenters. The lowest BCUT2D eigenvalue weighted by molar-refractivity contribution is 0.584. The fourth-order valence-electron chi connectivity index (χ4n) is 2.29. The second-order valence-corrected chi connectivity index (χ2v) is 4.41. The molecule has 1 nitrogen and oxygen atoms in total. The van der Waals surface area contributed by atoms with Crippen molar-refractivity contribution in [2.45, 2.75) is 39.5 Å². The normalized spacial score (nSPS) is 27.0. The van der Waals surface area contributed by atoms with E-state index in [4.69, 9.17) is 0 Å². The van der Waals surface area contributed by atoms with E-state index in [1.807, 2.05) is 0 Å². The van der Waals surface area contributed by atoms with E-state index in [9.17, 15) is 0 Å². The standard InChI is InChI=1S/C13H19N/c1-3-4-5-11-6-7-13-12(11)8-10(2)9-14-13/h4-5,10H,3,6-9H2,1-2H3/t10-/m0/s1. The molecule has 0 aromatic heterocycles. The van der Waals surface area contributed by atoms with Crippen molar-refractivity contribution in [3.8, 4) is 0 Å². The molecule has 0 bridgehead atoms. The molecule has 76 valence electrons. The second-order valence-electron chi connectivity index (χ2n) is 4.41. The summed E-state index contributed by atoms with van der Waals surface area (Å²) in [4.78, 5) is 4.66. The number of rotatable bonds is 2. The molecule has 0 N–H and O–H groups in total. The van der Waals surface area contributed by atoms with Gasteiger partial charge in [-0.3, -0.25) is 4.99 Å². The first-order valence-electron chi connectivity index (χ1n) is 5.73. The van der Waals surface area contributed by atoms with Crippen LogP contribution in [0.2, 0.25) is 0 Å². The Kier molecular flexibility index (Phi) is 2.85. The molecule has 0 saturated heterocycles. The molecule has 0 unspecified atom stereocenters. The third-order valence-electron chi connectivity index (χ3n) is 3.07. The number of aliphatic imine (C=N–C) groups is 1. The summed E-state index contributed by atoms with van der Waals surface area (Å²) in [5.41, 5.74) is 4.52. The van der Waals surface area contributed by atoms with Crippen LogP contribution in [0.5, 0.6) is 0 Å². The van der Waals surface area contributed by atoms with E-state index in [0.717, 1.165) is 18.9 Å². The van der Waals surface area contributed by atoms with Crippen LogP contribution in [-0.4, -0.2) is 12.3 Å². The maximum absolute atomic E-state index is 4.66. The number of hydrogen-bond donors (Lipinski definition) is 0. The maximum atomic E-state index is 4.66. The first-order chi connectivity index (χ1) is 6.81. The SMILES string of the molecule is CCC=CC1=C2C[C@H](C)CN=C2CC1. The largest absolute Gasteiger partial charge is 0.289 e. The van der Waals surface area contributed by atoms with E-state index in [-0.39, 0.29) is 0 Å². The molecule has 2 rings (SSSR count). The Hall–Kier alpha value is -0.850. The number of allylic oxidation sites excluding steroid dienone is 4. The zero-order valence-electron chi connectivity index (χ0n) is 9.21. The van der Waals surface area contributed by atoms with Crippen LogP contribution in [0, 0.1) is 5.92 Å². The van der Waals surface area contributed by atoms with Gasteiger partial charge in [-0.2, -0.15) is 0 Å². The van der Waals surface area contributed by atoms with Crippen LogP contribution in [0.15, 0.2) is 28.3 Å². The summed E-state index contributed by atoms with van der Waals surface area (Å²) in [6, 6.07) is 0. The summed E-state index contributed by atoms with van der Waals surface area (Å²) < 4.78 is 0. The Labute approximate surface area is 86.6 Å². The summed E-state index contributed by atoms with van der Waals surface area (Å²) in [5, 5.41) is 0. The van der Waals surface area contributed by atoms with Gasteiger partial charge in [-0.25, -0.2) is 0 Å².